The Labute approximate surface area is 221 Å². The Morgan fingerprint density at radius 2 is 2.03 bits per heavy atom. The number of benzene rings is 2. The lowest BCUT2D eigenvalue weighted by atomic mass is 9.75. The summed E-state index contributed by atoms with van der Waals surface area (Å²) in [5, 5.41) is 25.2. The van der Waals surface area contributed by atoms with Crippen molar-refractivity contribution in [3.05, 3.63) is 76.9 Å². The van der Waals surface area contributed by atoms with Crippen molar-refractivity contribution in [1.82, 2.24) is 29.4 Å². The third kappa shape index (κ3) is 4.26. The average Bonchev–Trinajstić information content (AvgIpc) is 3.56. The number of anilines is 1. The third-order valence-electron chi connectivity index (χ3n) is 7.86. The molecule has 2 N–H and O–H groups in total. The molecule has 0 aliphatic heterocycles. The lowest BCUT2D eigenvalue weighted by Crippen LogP contribution is -2.32. The minimum atomic E-state index is -0.942. The highest BCUT2D eigenvalue weighted by Gasteiger charge is 2.39. The number of hydrogen-bond donors (Lipinski definition) is 2. The Balaban J connectivity index is 1.41. The lowest BCUT2D eigenvalue weighted by molar-refractivity contribution is -0.00944. The predicted octanol–water partition coefficient (Wildman–Crippen LogP) is 4.79. The average molecular weight is 512 g/mol. The molecule has 2 atom stereocenters. The van der Waals surface area contributed by atoms with Gasteiger partial charge in [0.15, 0.2) is 11.5 Å². The van der Waals surface area contributed by atoms with Gasteiger partial charge in [0, 0.05) is 36.7 Å². The number of aromatic nitrogens is 6. The molecule has 1 aliphatic carbocycles. The predicted molar refractivity (Wildman–Crippen MR) is 146 cm³/mol. The summed E-state index contributed by atoms with van der Waals surface area (Å²) in [7, 11) is 3.52. The van der Waals surface area contributed by atoms with E-state index in [-0.39, 0.29) is 5.92 Å². The number of fused-ring (bicyclic) bond motifs is 3. The van der Waals surface area contributed by atoms with Crippen LogP contribution in [0, 0.1) is 13.8 Å². The van der Waals surface area contributed by atoms with Gasteiger partial charge in [-0.3, -0.25) is 4.68 Å². The Morgan fingerprint density at radius 3 is 2.79 bits per heavy atom. The quantitative estimate of drug-likeness (QED) is 0.338. The van der Waals surface area contributed by atoms with Crippen molar-refractivity contribution in [3.63, 3.8) is 0 Å². The molecule has 1 fully saturated rings. The van der Waals surface area contributed by atoms with Crippen LogP contribution >= 0.6 is 0 Å². The minimum absolute atomic E-state index is 0.0158. The lowest BCUT2D eigenvalue weighted by Gasteiger charge is -2.35. The Kier molecular flexibility index (Phi) is 6.03. The number of nitrogens with one attached hydrogen (secondary N) is 1. The van der Waals surface area contributed by atoms with E-state index in [9.17, 15) is 5.11 Å². The molecule has 0 bridgehead atoms. The summed E-state index contributed by atoms with van der Waals surface area (Å²) < 4.78 is 9.17. The SMILES string of the molecule is COc1cccc2c1nc(NCc1ccc(C)c(C)c1)n1nc(C3CCCC(O)(c4cnn(C)c4)C3)nc21. The molecule has 2 aromatic carbocycles. The first-order chi connectivity index (χ1) is 18.3. The molecule has 1 aliphatic rings. The highest BCUT2D eigenvalue weighted by Crippen LogP contribution is 2.43. The zero-order chi connectivity index (χ0) is 26.4. The number of methoxy groups -OCH3 is 1. The van der Waals surface area contributed by atoms with Crippen molar-refractivity contribution in [2.75, 3.05) is 12.4 Å². The second kappa shape index (κ2) is 9.40. The maximum atomic E-state index is 11.6. The maximum absolute atomic E-state index is 11.6. The summed E-state index contributed by atoms with van der Waals surface area (Å²) >= 11 is 0. The second-order valence-electron chi connectivity index (χ2n) is 10.5. The van der Waals surface area contributed by atoms with Gasteiger partial charge in [-0.1, -0.05) is 24.3 Å². The van der Waals surface area contributed by atoms with Crippen LogP contribution in [0.4, 0.5) is 5.95 Å². The van der Waals surface area contributed by atoms with Gasteiger partial charge in [-0.15, -0.1) is 5.10 Å². The van der Waals surface area contributed by atoms with Gasteiger partial charge in [-0.25, -0.2) is 9.97 Å². The van der Waals surface area contributed by atoms with Gasteiger partial charge in [0.25, 0.3) is 0 Å². The van der Waals surface area contributed by atoms with Crippen LogP contribution in [0.1, 0.15) is 59.7 Å². The number of rotatable bonds is 6. The van der Waals surface area contributed by atoms with E-state index in [1.54, 1.807) is 22.5 Å². The van der Waals surface area contributed by atoms with Crippen molar-refractivity contribution in [2.45, 2.75) is 57.6 Å². The fraction of sp³-hybridized carbons (Fsp3) is 0.379. The molecule has 5 aromatic rings. The number of nitrogens with zero attached hydrogens (tertiary/aromatic N) is 6. The molecule has 0 spiro atoms. The zero-order valence-corrected chi connectivity index (χ0v) is 22.3. The third-order valence-corrected chi connectivity index (χ3v) is 7.86. The van der Waals surface area contributed by atoms with Crippen LogP contribution in [-0.4, -0.2) is 41.6 Å². The van der Waals surface area contributed by atoms with Crippen LogP contribution in [0.25, 0.3) is 16.6 Å². The maximum Gasteiger partial charge on any atom is 0.226 e. The molecule has 3 heterocycles. The van der Waals surface area contributed by atoms with E-state index in [0.717, 1.165) is 46.3 Å². The van der Waals surface area contributed by atoms with Crippen molar-refractivity contribution < 1.29 is 9.84 Å². The first kappa shape index (κ1) is 24.4. The van der Waals surface area contributed by atoms with E-state index in [0.29, 0.717) is 31.1 Å². The zero-order valence-electron chi connectivity index (χ0n) is 22.3. The van der Waals surface area contributed by atoms with Gasteiger partial charge in [-0.2, -0.15) is 9.61 Å². The molecule has 196 valence electrons. The van der Waals surface area contributed by atoms with E-state index in [1.807, 2.05) is 31.4 Å². The molecular weight excluding hydrogens is 478 g/mol. The van der Waals surface area contributed by atoms with Crippen molar-refractivity contribution in [3.8, 4) is 5.75 Å². The monoisotopic (exact) mass is 511 g/mol. The molecule has 0 amide bonds. The normalized spacial score (nSPS) is 19.8. The molecule has 0 radical (unpaired) electrons. The highest BCUT2D eigenvalue weighted by atomic mass is 16.5. The van der Waals surface area contributed by atoms with Gasteiger partial charge < -0.3 is 15.2 Å². The summed E-state index contributed by atoms with van der Waals surface area (Å²) in [4.78, 5) is 9.96. The van der Waals surface area contributed by atoms with Gasteiger partial charge in [0.1, 0.15) is 11.3 Å². The van der Waals surface area contributed by atoms with Crippen molar-refractivity contribution in [2.24, 2.45) is 7.05 Å². The van der Waals surface area contributed by atoms with Crippen LogP contribution in [0.3, 0.4) is 0 Å². The Hall–Kier alpha value is -3.98. The summed E-state index contributed by atoms with van der Waals surface area (Å²) in [6.07, 6.45) is 6.72. The molecule has 38 heavy (non-hydrogen) atoms. The smallest absolute Gasteiger partial charge is 0.226 e. The van der Waals surface area contributed by atoms with Crippen molar-refractivity contribution in [1.29, 1.82) is 0 Å². The molecule has 6 rings (SSSR count). The molecule has 2 unspecified atom stereocenters. The number of hydrogen-bond acceptors (Lipinski definition) is 7. The molecule has 9 heteroatoms. The summed E-state index contributed by atoms with van der Waals surface area (Å²) in [5.41, 5.74) is 5.05. The molecule has 1 saturated carbocycles. The van der Waals surface area contributed by atoms with E-state index in [1.165, 1.54) is 11.1 Å². The first-order valence-electron chi connectivity index (χ1n) is 13.1. The number of aliphatic hydroxyl groups is 1. The summed E-state index contributed by atoms with van der Waals surface area (Å²) in [5.74, 6) is 2.03. The Morgan fingerprint density at radius 1 is 1.16 bits per heavy atom. The fourth-order valence-corrected chi connectivity index (χ4v) is 5.56. The van der Waals surface area contributed by atoms with Crippen LogP contribution in [0.5, 0.6) is 5.75 Å². The minimum Gasteiger partial charge on any atom is -0.494 e. The molecule has 9 nitrogen and oxygen atoms in total. The summed E-state index contributed by atoms with van der Waals surface area (Å²) in [6, 6.07) is 12.3. The van der Waals surface area contributed by atoms with E-state index >= 15 is 0 Å². The van der Waals surface area contributed by atoms with Gasteiger partial charge in [0.2, 0.25) is 5.95 Å². The van der Waals surface area contributed by atoms with Crippen LogP contribution in [0.2, 0.25) is 0 Å². The molecular formula is C29H33N7O2. The second-order valence-corrected chi connectivity index (χ2v) is 10.5. The summed E-state index contributed by atoms with van der Waals surface area (Å²) in [6.45, 7) is 4.84. The van der Waals surface area contributed by atoms with Gasteiger partial charge >= 0.3 is 0 Å². The van der Waals surface area contributed by atoms with Crippen LogP contribution in [-0.2, 0) is 19.2 Å². The number of ether oxygens (including phenoxy) is 1. The van der Waals surface area contributed by atoms with Gasteiger partial charge in [0.05, 0.1) is 18.9 Å². The van der Waals surface area contributed by atoms with E-state index in [2.05, 4.69) is 42.5 Å². The van der Waals surface area contributed by atoms with Crippen LogP contribution in [0.15, 0.2) is 48.8 Å². The Bertz CT molecular complexity index is 1640. The largest absolute Gasteiger partial charge is 0.494 e. The van der Waals surface area contributed by atoms with E-state index < -0.39 is 5.60 Å². The number of aryl methyl sites for hydroxylation is 3. The highest BCUT2D eigenvalue weighted by molar-refractivity contribution is 5.96. The van der Waals surface area contributed by atoms with Crippen LogP contribution < -0.4 is 10.1 Å². The number of para-hydroxylation sites is 1. The van der Waals surface area contributed by atoms with Gasteiger partial charge in [-0.05, 0) is 68.4 Å². The topological polar surface area (TPSA) is 102 Å². The van der Waals surface area contributed by atoms with E-state index in [4.69, 9.17) is 19.8 Å². The standard InChI is InChI=1S/C29H33N7O2/c1-18-10-11-20(13-19(18)2)15-30-28-32-25-23(8-5-9-24(25)38-4)27-33-26(34-36(27)28)21-7-6-12-29(37,14-21)22-16-31-35(3)17-22/h5,8-11,13,16-17,21,37H,6-7,12,14-15H2,1-4H3,(H,30,32). The fourth-order valence-electron chi connectivity index (χ4n) is 5.56. The van der Waals surface area contributed by atoms with Crippen molar-refractivity contribution >= 4 is 22.5 Å². The molecule has 3 aromatic heterocycles. The first-order valence-corrected chi connectivity index (χ1v) is 13.1. The molecule has 0 saturated heterocycles.